The van der Waals surface area contributed by atoms with Crippen molar-refractivity contribution in [2.45, 2.75) is 0 Å². The average Bonchev–Trinajstić information content (AvgIpc) is 3.27. The summed E-state index contributed by atoms with van der Waals surface area (Å²) in [4.78, 5) is 26.8. The number of hydrogen-bond donors (Lipinski definition) is 0. The van der Waals surface area contributed by atoms with Crippen LogP contribution in [0.25, 0.3) is 69.6 Å². The molecular formula is C32H17NO3S. The normalized spacial score (nSPS) is 12.0. The van der Waals surface area contributed by atoms with Crippen LogP contribution in [-0.4, -0.2) is 4.57 Å². The Labute approximate surface area is 213 Å². The Morgan fingerprint density at radius 1 is 0.514 bits per heavy atom. The first-order valence-corrected chi connectivity index (χ1v) is 12.8. The van der Waals surface area contributed by atoms with Crippen LogP contribution >= 0.6 is 11.3 Å². The molecule has 0 amide bonds. The van der Waals surface area contributed by atoms with E-state index in [1.807, 2.05) is 42.5 Å². The van der Waals surface area contributed by atoms with Crippen LogP contribution in [0.4, 0.5) is 0 Å². The molecule has 3 aromatic heterocycles. The van der Waals surface area contributed by atoms with Crippen LogP contribution in [0.5, 0.6) is 0 Å². The average molecular weight is 496 g/mol. The predicted molar refractivity (Wildman–Crippen MR) is 153 cm³/mol. The summed E-state index contributed by atoms with van der Waals surface area (Å²) in [7, 11) is 0. The van der Waals surface area contributed by atoms with E-state index in [4.69, 9.17) is 4.42 Å². The molecule has 0 aliphatic heterocycles. The maximum Gasteiger partial charge on any atom is 0.200 e. The van der Waals surface area contributed by atoms with Crippen LogP contribution in [-0.2, 0) is 0 Å². The molecule has 8 aromatic rings. The van der Waals surface area contributed by atoms with Crippen molar-refractivity contribution in [3.63, 3.8) is 0 Å². The molecule has 0 bridgehead atoms. The molecule has 3 heterocycles. The standard InChI is InChI=1S/C32H17NO3S/c34-31-21-9-3-6-12-27(21)36-28-16-24-30(17-23(28)31)37-29-15-18(13-14-22(29)32(24)35)33-25-10-4-1-7-19(25)20-8-2-5-11-26(20)33/h1-17H. The number of rotatable bonds is 1. The van der Waals surface area contributed by atoms with Gasteiger partial charge in [0, 0.05) is 36.6 Å². The number of aromatic nitrogens is 1. The van der Waals surface area contributed by atoms with E-state index in [1.165, 1.54) is 22.1 Å². The molecule has 0 fully saturated rings. The predicted octanol–water partition coefficient (Wildman–Crippen LogP) is 7.77. The number of fused-ring (bicyclic) bond motifs is 7. The fourth-order valence-corrected chi connectivity index (χ4v) is 6.60. The van der Waals surface area contributed by atoms with Crippen LogP contribution in [0.2, 0.25) is 0 Å². The second kappa shape index (κ2) is 7.38. The zero-order valence-electron chi connectivity index (χ0n) is 19.4. The molecule has 37 heavy (non-hydrogen) atoms. The zero-order valence-corrected chi connectivity index (χ0v) is 20.2. The Balaban J connectivity index is 1.44. The summed E-state index contributed by atoms with van der Waals surface area (Å²) in [6, 6.07) is 33.5. The Morgan fingerprint density at radius 2 is 1.14 bits per heavy atom. The highest BCUT2D eigenvalue weighted by atomic mass is 32.1. The van der Waals surface area contributed by atoms with Crippen molar-refractivity contribution >= 4 is 75.3 Å². The molecule has 0 atom stereocenters. The summed E-state index contributed by atoms with van der Waals surface area (Å²) in [6.07, 6.45) is 0. The highest BCUT2D eigenvalue weighted by molar-refractivity contribution is 7.24. The minimum atomic E-state index is -0.0856. The molecule has 4 nitrogen and oxygen atoms in total. The van der Waals surface area contributed by atoms with Gasteiger partial charge in [-0.15, -0.1) is 11.3 Å². The van der Waals surface area contributed by atoms with Gasteiger partial charge in [-0.3, -0.25) is 9.59 Å². The third-order valence-corrected chi connectivity index (χ3v) is 8.31. The van der Waals surface area contributed by atoms with E-state index in [0.717, 1.165) is 26.1 Å². The molecular weight excluding hydrogens is 478 g/mol. The lowest BCUT2D eigenvalue weighted by Crippen LogP contribution is -2.05. The fourth-order valence-electron chi connectivity index (χ4n) is 5.48. The van der Waals surface area contributed by atoms with E-state index < -0.39 is 0 Å². The first-order chi connectivity index (χ1) is 18.2. The molecule has 174 valence electrons. The SMILES string of the molecule is O=c1c2ccccc2oc2cc3c(=O)c4ccc(-n5c6ccccc6c6ccccc65)cc4sc3cc12. The third-order valence-electron chi connectivity index (χ3n) is 7.19. The van der Waals surface area contributed by atoms with Crippen molar-refractivity contribution in [2.24, 2.45) is 0 Å². The van der Waals surface area contributed by atoms with Crippen LogP contribution in [0.15, 0.2) is 117 Å². The van der Waals surface area contributed by atoms with Gasteiger partial charge in [-0.1, -0.05) is 48.5 Å². The van der Waals surface area contributed by atoms with Crippen molar-refractivity contribution in [1.82, 2.24) is 4.57 Å². The van der Waals surface area contributed by atoms with E-state index in [-0.39, 0.29) is 10.9 Å². The summed E-state index contributed by atoms with van der Waals surface area (Å²) >= 11 is 1.52. The van der Waals surface area contributed by atoms with Crippen molar-refractivity contribution in [1.29, 1.82) is 0 Å². The number of para-hydroxylation sites is 3. The minimum Gasteiger partial charge on any atom is -0.456 e. The summed E-state index contributed by atoms with van der Waals surface area (Å²) in [5, 5.41) is 4.62. The molecule has 0 N–H and O–H groups in total. The van der Waals surface area contributed by atoms with E-state index >= 15 is 0 Å². The Hall–Kier alpha value is -4.74. The zero-order chi connectivity index (χ0) is 24.7. The van der Waals surface area contributed by atoms with Gasteiger partial charge < -0.3 is 8.98 Å². The molecule has 0 aliphatic carbocycles. The topological polar surface area (TPSA) is 52.2 Å². The van der Waals surface area contributed by atoms with Crippen molar-refractivity contribution in [2.75, 3.05) is 0 Å². The summed E-state index contributed by atoms with van der Waals surface area (Å²) in [5.41, 5.74) is 4.03. The largest absolute Gasteiger partial charge is 0.456 e. The smallest absolute Gasteiger partial charge is 0.200 e. The molecule has 5 aromatic carbocycles. The van der Waals surface area contributed by atoms with Crippen LogP contribution in [0, 0.1) is 0 Å². The van der Waals surface area contributed by atoms with Gasteiger partial charge in [-0.05, 0) is 54.6 Å². The lowest BCUT2D eigenvalue weighted by Gasteiger charge is -2.10. The lowest BCUT2D eigenvalue weighted by atomic mass is 10.1. The fraction of sp³-hybridized carbons (Fsp3) is 0. The number of nitrogens with zero attached hydrogens (tertiary/aromatic N) is 1. The Kier molecular flexibility index (Phi) is 4.08. The Morgan fingerprint density at radius 3 is 1.89 bits per heavy atom. The van der Waals surface area contributed by atoms with Crippen molar-refractivity contribution in [3.05, 3.63) is 124 Å². The first kappa shape index (κ1) is 20.5. The second-order valence-corrected chi connectivity index (χ2v) is 10.3. The van der Waals surface area contributed by atoms with Crippen LogP contribution in [0.3, 0.4) is 0 Å². The molecule has 0 spiro atoms. The minimum absolute atomic E-state index is 0.0600. The van der Waals surface area contributed by atoms with Gasteiger partial charge in [0.15, 0.2) is 5.43 Å². The molecule has 0 saturated heterocycles. The molecule has 8 rings (SSSR count). The maximum atomic E-state index is 13.6. The Bertz CT molecular complexity index is 2300. The van der Waals surface area contributed by atoms with Crippen molar-refractivity contribution in [3.8, 4) is 5.69 Å². The molecule has 0 radical (unpaired) electrons. The number of hydrogen-bond acceptors (Lipinski definition) is 4. The lowest BCUT2D eigenvalue weighted by molar-refractivity contribution is 0.660. The van der Waals surface area contributed by atoms with E-state index in [2.05, 4.69) is 47.0 Å². The monoisotopic (exact) mass is 495 g/mol. The maximum absolute atomic E-state index is 13.6. The van der Waals surface area contributed by atoms with E-state index in [0.29, 0.717) is 32.7 Å². The van der Waals surface area contributed by atoms with Crippen molar-refractivity contribution < 1.29 is 4.42 Å². The van der Waals surface area contributed by atoms with Gasteiger partial charge in [0.1, 0.15) is 11.2 Å². The van der Waals surface area contributed by atoms with Gasteiger partial charge in [-0.2, -0.15) is 0 Å². The van der Waals surface area contributed by atoms with Gasteiger partial charge in [0.05, 0.1) is 21.8 Å². The van der Waals surface area contributed by atoms with Gasteiger partial charge in [0.2, 0.25) is 5.43 Å². The highest BCUT2D eigenvalue weighted by Gasteiger charge is 2.15. The first-order valence-electron chi connectivity index (χ1n) is 12.0. The quantitative estimate of drug-likeness (QED) is 0.219. The third kappa shape index (κ3) is 2.83. The van der Waals surface area contributed by atoms with E-state index in [1.54, 1.807) is 18.2 Å². The summed E-state index contributed by atoms with van der Waals surface area (Å²) < 4.78 is 9.90. The van der Waals surface area contributed by atoms with Gasteiger partial charge in [0.25, 0.3) is 0 Å². The molecule has 0 saturated carbocycles. The summed E-state index contributed by atoms with van der Waals surface area (Å²) in [5.74, 6) is 0. The van der Waals surface area contributed by atoms with Crippen LogP contribution < -0.4 is 10.9 Å². The van der Waals surface area contributed by atoms with E-state index in [9.17, 15) is 9.59 Å². The second-order valence-electron chi connectivity index (χ2n) is 9.25. The molecule has 5 heteroatoms. The highest BCUT2D eigenvalue weighted by Crippen LogP contribution is 2.34. The molecule has 0 unspecified atom stereocenters. The van der Waals surface area contributed by atoms with Crippen LogP contribution in [0.1, 0.15) is 0 Å². The summed E-state index contributed by atoms with van der Waals surface area (Å²) in [6.45, 7) is 0. The van der Waals surface area contributed by atoms with Gasteiger partial charge in [-0.25, -0.2) is 0 Å². The molecule has 0 aliphatic rings. The van der Waals surface area contributed by atoms with Gasteiger partial charge >= 0.3 is 0 Å². The number of benzene rings is 5.